The summed E-state index contributed by atoms with van der Waals surface area (Å²) in [6.07, 6.45) is 3.25. The standard InChI is InChI=1S/C20H28N2O2/c1-14(2)20(23)22-9-8-18(15(3)12-22)21-11-16-10-17-6-4-5-7-19(17)24-13-16/h4-7,10,14-15,18,21H,8-9,11-13H2,1-3H3/t15-,18-/m1/s1. The molecule has 1 aromatic carbocycles. The van der Waals surface area contributed by atoms with Crippen LogP contribution in [0.4, 0.5) is 0 Å². The number of carbonyl (C=O) groups is 1. The molecule has 130 valence electrons. The lowest BCUT2D eigenvalue weighted by atomic mass is 9.92. The molecule has 2 aliphatic rings. The lowest BCUT2D eigenvalue weighted by molar-refractivity contribution is -0.136. The molecule has 4 heteroatoms. The summed E-state index contributed by atoms with van der Waals surface area (Å²) in [7, 11) is 0. The number of ether oxygens (including phenoxy) is 1. The molecule has 4 nitrogen and oxygen atoms in total. The smallest absolute Gasteiger partial charge is 0.225 e. The summed E-state index contributed by atoms with van der Waals surface area (Å²) in [6.45, 7) is 9.41. The van der Waals surface area contributed by atoms with Crippen LogP contribution in [0.1, 0.15) is 32.8 Å². The van der Waals surface area contributed by atoms with Gasteiger partial charge < -0.3 is 15.0 Å². The molecule has 1 aromatic rings. The van der Waals surface area contributed by atoms with E-state index in [1.807, 2.05) is 36.9 Å². The molecule has 0 bridgehead atoms. The van der Waals surface area contributed by atoms with Crippen molar-refractivity contribution in [2.75, 3.05) is 26.2 Å². The second kappa shape index (κ2) is 7.39. The van der Waals surface area contributed by atoms with Gasteiger partial charge in [-0.05, 0) is 30.1 Å². The quantitative estimate of drug-likeness (QED) is 0.924. The van der Waals surface area contributed by atoms with Crippen molar-refractivity contribution in [3.8, 4) is 5.75 Å². The van der Waals surface area contributed by atoms with Crippen molar-refractivity contribution in [1.29, 1.82) is 0 Å². The zero-order chi connectivity index (χ0) is 17.1. The summed E-state index contributed by atoms with van der Waals surface area (Å²) >= 11 is 0. The van der Waals surface area contributed by atoms with Crippen LogP contribution in [0.25, 0.3) is 6.08 Å². The molecule has 24 heavy (non-hydrogen) atoms. The molecule has 2 aliphatic heterocycles. The fourth-order valence-corrected chi connectivity index (χ4v) is 3.54. The number of rotatable bonds is 4. The van der Waals surface area contributed by atoms with Gasteiger partial charge in [-0.3, -0.25) is 4.79 Å². The number of amides is 1. The molecule has 0 radical (unpaired) electrons. The molecule has 0 aliphatic carbocycles. The van der Waals surface area contributed by atoms with E-state index < -0.39 is 0 Å². The van der Waals surface area contributed by atoms with E-state index >= 15 is 0 Å². The van der Waals surface area contributed by atoms with Crippen LogP contribution in [0.5, 0.6) is 5.75 Å². The maximum absolute atomic E-state index is 12.2. The second-order valence-electron chi connectivity index (χ2n) is 7.32. The van der Waals surface area contributed by atoms with Crippen LogP contribution < -0.4 is 10.1 Å². The molecule has 1 fully saturated rings. The van der Waals surface area contributed by atoms with Gasteiger partial charge in [0.05, 0.1) is 0 Å². The fraction of sp³-hybridized carbons (Fsp3) is 0.550. The van der Waals surface area contributed by atoms with Crippen molar-refractivity contribution in [2.45, 2.75) is 33.2 Å². The minimum absolute atomic E-state index is 0.0892. The number of hydrogen-bond acceptors (Lipinski definition) is 3. The van der Waals surface area contributed by atoms with Gasteiger partial charge in [-0.2, -0.15) is 0 Å². The number of likely N-dealkylation sites (tertiary alicyclic amines) is 1. The lowest BCUT2D eigenvalue weighted by Crippen LogP contribution is -2.51. The highest BCUT2D eigenvalue weighted by Gasteiger charge is 2.29. The largest absolute Gasteiger partial charge is 0.489 e. The van der Waals surface area contributed by atoms with Gasteiger partial charge in [-0.15, -0.1) is 0 Å². The Morgan fingerprint density at radius 1 is 1.38 bits per heavy atom. The third kappa shape index (κ3) is 3.81. The number of hydrogen-bond donors (Lipinski definition) is 1. The van der Waals surface area contributed by atoms with E-state index in [2.05, 4.69) is 24.4 Å². The number of nitrogens with one attached hydrogen (secondary N) is 1. The van der Waals surface area contributed by atoms with Crippen LogP contribution in [-0.2, 0) is 4.79 Å². The Kier molecular flexibility index (Phi) is 5.24. The monoisotopic (exact) mass is 328 g/mol. The normalized spacial score (nSPS) is 23.5. The molecule has 0 spiro atoms. The third-order valence-corrected chi connectivity index (χ3v) is 4.99. The lowest BCUT2D eigenvalue weighted by Gasteiger charge is -2.38. The predicted octanol–water partition coefficient (Wildman–Crippen LogP) is 2.95. The molecule has 1 amide bonds. The highest BCUT2D eigenvalue weighted by Crippen LogP contribution is 2.26. The van der Waals surface area contributed by atoms with E-state index in [4.69, 9.17) is 4.74 Å². The van der Waals surface area contributed by atoms with Crippen molar-refractivity contribution in [3.63, 3.8) is 0 Å². The summed E-state index contributed by atoms with van der Waals surface area (Å²) in [5, 5.41) is 3.67. The Morgan fingerprint density at radius 2 is 2.17 bits per heavy atom. The van der Waals surface area contributed by atoms with E-state index in [-0.39, 0.29) is 11.8 Å². The second-order valence-corrected chi connectivity index (χ2v) is 7.32. The van der Waals surface area contributed by atoms with Gasteiger partial charge in [0.2, 0.25) is 5.91 Å². The van der Waals surface area contributed by atoms with Gasteiger partial charge in [0.15, 0.2) is 0 Å². The Balaban J connectivity index is 1.53. The Labute approximate surface area is 144 Å². The summed E-state index contributed by atoms with van der Waals surface area (Å²) in [5.41, 5.74) is 2.44. The Hall–Kier alpha value is -1.81. The van der Waals surface area contributed by atoms with Gasteiger partial charge in [-0.1, -0.05) is 39.0 Å². The van der Waals surface area contributed by atoms with Crippen molar-refractivity contribution in [1.82, 2.24) is 10.2 Å². The van der Waals surface area contributed by atoms with Crippen molar-refractivity contribution >= 4 is 12.0 Å². The van der Waals surface area contributed by atoms with Crippen LogP contribution in [0, 0.1) is 11.8 Å². The number of carbonyl (C=O) groups excluding carboxylic acids is 1. The Bertz CT molecular complexity index is 624. The molecule has 0 unspecified atom stereocenters. The van der Waals surface area contributed by atoms with Gasteiger partial charge >= 0.3 is 0 Å². The highest BCUT2D eigenvalue weighted by molar-refractivity contribution is 5.78. The average Bonchev–Trinajstić information content (AvgIpc) is 2.59. The first kappa shape index (κ1) is 17.0. The van der Waals surface area contributed by atoms with E-state index in [0.29, 0.717) is 18.6 Å². The molecule has 0 aromatic heterocycles. The van der Waals surface area contributed by atoms with E-state index in [9.17, 15) is 4.79 Å². The first-order valence-electron chi connectivity index (χ1n) is 8.98. The molecule has 2 heterocycles. The van der Waals surface area contributed by atoms with Gasteiger partial charge in [0.25, 0.3) is 0 Å². The minimum Gasteiger partial charge on any atom is -0.489 e. The molecular formula is C20H28N2O2. The average molecular weight is 328 g/mol. The third-order valence-electron chi connectivity index (χ3n) is 4.99. The van der Waals surface area contributed by atoms with Crippen molar-refractivity contribution < 1.29 is 9.53 Å². The Morgan fingerprint density at radius 3 is 2.92 bits per heavy atom. The zero-order valence-corrected chi connectivity index (χ0v) is 14.9. The van der Waals surface area contributed by atoms with Crippen LogP contribution >= 0.6 is 0 Å². The van der Waals surface area contributed by atoms with E-state index in [1.54, 1.807) is 0 Å². The minimum atomic E-state index is 0.0892. The van der Waals surface area contributed by atoms with Gasteiger partial charge in [-0.25, -0.2) is 0 Å². The van der Waals surface area contributed by atoms with Crippen LogP contribution in [-0.4, -0.2) is 43.1 Å². The zero-order valence-electron chi connectivity index (χ0n) is 14.9. The maximum Gasteiger partial charge on any atom is 0.225 e. The maximum atomic E-state index is 12.2. The first-order chi connectivity index (χ1) is 11.5. The number of piperidine rings is 1. The molecule has 2 atom stereocenters. The predicted molar refractivity (Wildman–Crippen MR) is 96.9 cm³/mol. The summed E-state index contributed by atoms with van der Waals surface area (Å²) < 4.78 is 5.82. The molecular weight excluding hydrogens is 300 g/mol. The number of fused-ring (bicyclic) bond motifs is 1. The number of nitrogens with zero attached hydrogens (tertiary/aromatic N) is 1. The van der Waals surface area contributed by atoms with Crippen LogP contribution in [0.2, 0.25) is 0 Å². The summed E-state index contributed by atoms with van der Waals surface area (Å²) in [6, 6.07) is 8.61. The summed E-state index contributed by atoms with van der Waals surface area (Å²) in [4.78, 5) is 14.2. The van der Waals surface area contributed by atoms with Gasteiger partial charge in [0.1, 0.15) is 12.4 Å². The molecule has 1 saturated heterocycles. The fourth-order valence-electron chi connectivity index (χ4n) is 3.54. The molecule has 0 saturated carbocycles. The van der Waals surface area contributed by atoms with Crippen LogP contribution in [0.15, 0.2) is 29.8 Å². The van der Waals surface area contributed by atoms with E-state index in [0.717, 1.165) is 37.4 Å². The molecule has 1 N–H and O–H groups in total. The van der Waals surface area contributed by atoms with Crippen molar-refractivity contribution in [3.05, 3.63) is 35.4 Å². The highest BCUT2D eigenvalue weighted by atomic mass is 16.5. The van der Waals surface area contributed by atoms with Crippen LogP contribution in [0.3, 0.4) is 0 Å². The van der Waals surface area contributed by atoms with E-state index in [1.165, 1.54) is 5.57 Å². The first-order valence-corrected chi connectivity index (χ1v) is 8.98. The topological polar surface area (TPSA) is 41.6 Å². The van der Waals surface area contributed by atoms with Gasteiger partial charge in [0, 0.05) is 37.2 Å². The number of para-hydroxylation sites is 1. The number of benzene rings is 1. The summed E-state index contributed by atoms with van der Waals surface area (Å²) in [5.74, 6) is 1.81. The SMILES string of the molecule is CC(C)C(=O)N1CC[C@@H](NCC2=Cc3ccccc3OC2)[C@H](C)C1. The molecule has 3 rings (SSSR count). The van der Waals surface area contributed by atoms with Crippen molar-refractivity contribution in [2.24, 2.45) is 11.8 Å².